The molecule has 1 aromatic heterocycles. The molecule has 4 rings (SSSR count). The van der Waals surface area contributed by atoms with E-state index in [1.165, 1.54) is 26.2 Å². The molecule has 1 saturated heterocycles. The molecule has 29 heavy (non-hydrogen) atoms. The van der Waals surface area contributed by atoms with Crippen LogP contribution < -0.4 is 5.32 Å². The molecular weight excluding hydrogens is 358 g/mol. The topological polar surface area (TPSA) is 44.3 Å². The summed E-state index contributed by atoms with van der Waals surface area (Å²) >= 11 is 0. The molecule has 152 valence electrons. The number of likely N-dealkylation sites (N-methyl/N-ethyl adjacent to an activating group) is 1. The van der Waals surface area contributed by atoms with E-state index in [0.717, 1.165) is 47.7 Å². The lowest BCUT2D eigenvalue weighted by molar-refractivity contribution is 0.126. The molecule has 2 aromatic carbocycles. The van der Waals surface area contributed by atoms with Crippen LogP contribution in [0.1, 0.15) is 13.8 Å². The summed E-state index contributed by atoms with van der Waals surface area (Å²) in [5.74, 6) is 2.25. The SMILES string of the molecule is CCN1CCN(CC(C)CNc2nc(-c3ccccc3)nc3ccccc23)CC1. The number of anilines is 1. The summed E-state index contributed by atoms with van der Waals surface area (Å²) in [5.41, 5.74) is 2.02. The van der Waals surface area contributed by atoms with Gasteiger partial charge in [0.1, 0.15) is 5.82 Å². The van der Waals surface area contributed by atoms with Gasteiger partial charge in [0.2, 0.25) is 0 Å². The van der Waals surface area contributed by atoms with E-state index in [1.807, 2.05) is 24.3 Å². The molecule has 0 spiro atoms. The van der Waals surface area contributed by atoms with Crippen LogP contribution in [-0.4, -0.2) is 65.6 Å². The van der Waals surface area contributed by atoms with Gasteiger partial charge in [-0.2, -0.15) is 0 Å². The Morgan fingerprint density at radius 1 is 0.897 bits per heavy atom. The first kappa shape index (κ1) is 19.8. The Kier molecular flexibility index (Phi) is 6.37. The molecule has 1 unspecified atom stereocenters. The Hall–Kier alpha value is -2.50. The highest BCUT2D eigenvalue weighted by atomic mass is 15.3. The molecule has 0 radical (unpaired) electrons. The number of nitrogens with zero attached hydrogens (tertiary/aromatic N) is 4. The third-order valence-electron chi connectivity index (χ3n) is 5.74. The largest absolute Gasteiger partial charge is 0.369 e. The zero-order chi connectivity index (χ0) is 20.1. The van der Waals surface area contributed by atoms with E-state index >= 15 is 0 Å². The number of para-hydroxylation sites is 1. The summed E-state index contributed by atoms with van der Waals surface area (Å²) in [6.07, 6.45) is 0. The second-order valence-corrected chi connectivity index (χ2v) is 8.00. The highest BCUT2D eigenvalue weighted by Crippen LogP contribution is 2.25. The molecule has 0 saturated carbocycles. The number of nitrogens with one attached hydrogen (secondary N) is 1. The average molecular weight is 390 g/mol. The Morgan fingerprint density at radius 3 is 2.34 bits per heavy atom. The first-order valence-electron chi connectivity index (χ1n) is 10.7. The molecule has 1 fully saturated rings. The fourth-order valence-corrected chi connectivity index (χ4v) is 3.99. The lowest BCUT2D eigenvalue weighted by atomic mass is 10.1. The van der Waals surface area contributed by atoms with Crippen LogP contribution in [0.4, 0.5) is 5.82 Å². The molecule has 1 aliphatic rings. The molecule has 1 aliphatic heterocycles. The van der Waals surface area contributed by atoms with Crippen molar-refractivity contribution in [2.75, 3.05) is 51.1 Å². The van der Waals surface area contributed by atoms with Crippen molar-refractivity contribution in [3.63, 3.8) is 0 Å². The van der Waals surface area contributed by atoms with Crippen LogP contribution >= 0.6 is 0 Å². The second-order valence-electron chi connectivity index (χ2n) is 8.00. The normalized spacial score (nSPS) is 16.8. The van der Waals surface area contributed by atoms with Crippen molar-refractivity contribution in [3.8, 4) is 11.4 Å². The van der Waals surface area contributed by atoms with Crippen molar-refractivity contribution in [2.24, 2.45) is 5.92 Å². The Labute approximate surface area is 173 Å². The van der Waals surface area contributed by atoms with Gasteiger partial charge < -0.3 is 15.1 Å². The first-order chi connectivity index (χ1) is 14.2. The minimum absolute atomic E-state index is 0.553. The molecule has 0 aliphatic carbocycles. The van der Waals surface area contributed by atoms with E-state index in [4.69, 9.17) is 9.97 Å². The number of hydrogen-bond donors (Lipinski definition) is 1. The summed E-state index contributed by atoms with van der Waals surface area (Å²) in [6, 6.07) is 18.4. The van der Waals surface area contributed by atoms with Crippen molar-refractivity contribution in [1.29, 1.82) is 0 Å². The Balaban J connectivity index is 1.46. The summed E-state index contributed by atoms with van der Waals surface area (Å²) in [4.78, 5) is 14.8. The molecule has 1 N–H and O–H groups in total. The first-order valence-corrected chi connectivity index (χ1v) is 10.7. The van der Waals surface area contributed by atoms with Crippen molar-refractivity contribution in [3.05, 3.63) is 54.6 Å². The standard InChI is InChI=1S/C24H31N5/c1-3-28-13-15-29(16-14-28)18-19(2)17-25-24-21-11-7-8-12-22(21)26-23(27-24)20-9-5-4-6-10-20/h4-12,19H,3,13-18H2,1-2H3,(H,25,26,27). The van der Waals surface area contributed by atoms with E-state index < -0.39 is 0 Å². The van der Waals surface area contributed by atoms with E-state index in [9.17, 15) is 0 Å². The minimum atomic E-state index is 0.553. The van der Waals surface area contributed by atoms with E-state index in [-0.39, 0.29) is 0 Å². The lowest BCUT2D eigenvalue weighted by Gasteiger charge is -2.35. The van der Waals surface area contributed by atoms with Gasteiger partial charge in [-0.1, -0.05) is 56.3 Å². The number of benzene rings is 2. The number of aromatic nitrogens is 2. The maximum absolute atomic E-state index is 4.87. The third-order valence-corrected chi connectivity index (χ3v) is 5.74. The number of rotatable bonds is 7. The number of piperazine rings is 1. The fourth-order valence-electron chi connectivity index (χ4n) is 3.99. The second kappa shape index (κ2) is 9.33. The zero-order valence-corrected chi connectivity index (χ0v) is 17.5. The maximum atomic E-state index is 4.87. The Morgan fingerprint density at radius 2 is 1.59 bits per heavy atom. The van der Waals surface area contributed by atoms with Crippen LogP contribution in [0, 0.1) is 5.92 Å². The van der Waals surface area contributed by atoms with Gasteiger partial charge in [0, 0.05) is 50.2 Å². The van der Waals surface area contributed by atoms with Crippen LogP contribution in [0.3, 0.4) is 0 Å². The summed E-state index contributed by atoms with van der Waals surface area (Å²) in [6.45, 7) is 12.5. The summed E-state index contributed by atoms with van der Waals surface area (Å²) in [5, 5.41) is 4.70. The number of fused-ring (bicyclic) bond motifs is 1. The molecule has 5 heteroatoms. The van der Waals surface area contributed by atoms with Crippen molar-refractivity contribution < 1.29 is 0 Å². The molecule has 1 atom stereocenters. The molecule has 0 amide bonds. The monoisotopic (exact) mass is 389 g/mol. The molecule has 5 nitrogen and oxygen atoms in total. The molecule has 0 bridgehead atoms. The van der Waals surface area contributed by atoms with Gasteiger partial charge in [0.05, 0.1) is 5.52 Å². The summed E-state index contributed by atoms with van der Waals surface area (Å²) < 4.78 is 0. The molecular formula is C24H31N5. The quantitative estimate of drug-likeness (QED) is 0.662. The van der Waals surface area contributed by atoms with Gasteiger partial charge in [0.15, 0.2) is 5.82 Å². The lowest BCUT2D eigenvalue weighted by Crippen LogP contribution is -2.47. The summed E-state index contributed by atoms with van der Waals surface area (Å²) in [7, 11) is 0. The zero-order valence-electron chi connectivity index (χ0n) is 17.5. The minimum Gasteiger partial charge on any atom is -0.369 e. The van der Waals surface area contributed by atoms with Gasteiger partial charge >= 0.3 is 0 Å². The Bertz CT molecular complexity index is 919. The van der Waals surface area contributed by atoms with Gasteiger partial charge in [0.25, 0.3) is 0 Å². The maximum Gasteiger partial charge on any atom is 0.162 e. The van der Waals surface area contributed by atoms with Gasteiger partial charge in [-0.3, -0.25) is 0 Å². The highest BCUT2D eigenvalue weighted by Gasteiger charge is 2.18. The van der Waals surface area contributed by atoms with Crippen LogP contribution in [0.15, 0.2) is 54.6 Å². The van der Waals surface area contributed by atoms with Gasteiger partial charge in [-0.15, -0.1) is 0 Å². The van der Waals surface area contributed by atoms with Crippen LogP contribution in [-0.2, 0) is 0 Å². The molecule has 2 heterocycles. The van der Waals surface area contributed by atoms with E-state index in [2.05, 4.69) is 59.3 Å². The fraction of sp³-hybridized carbons (Fsp3) is 0.417. The van der Waals surface area contributed by atoms with Crippen LogP contribution in [0.2, 0.25) is 0 Å². The van der Waals surface area contributed by atoms with Gasteiger partial charge in [-0.05, 0) is 24.6 Å². The van der Waals surface area contributed by atoms with Crippen molar-refractivity contribution >= 4 is 16.7 Å². The number of hydrogen-bond acceptors (Lipinski definition) is 5. The van der Waals surface area contributed by atoms with Gasteiger partial charge in [-0.25, -0.2) is 9.97 Å². The van der Waals surface area contributed by atoms with Crippen molar-refractivity contribution in [2.45, 2.75) is 13.8 Å². The third kappa shape index (κ3) is 4.92. The smallest absolute Gasteiger partial charge is 0.162 e. The van der Waals surface area contributed by atoms with E-state index in [1.54, 1.807) is 0 Å². The van der Waals surface area contributed by atoms with Crippen LogP contribution in [0.25, 0.3) is 22.3 Å². The molecule has 3 aromatic rings. The van der Waals surface area contributed by atoms with Crippen LogP contribution in [0.5, 0.6) is 0 Å². The predicted molar refractivity (Wildman–Crippen MR) is 121 cm³/mol. The average Bonchev–Trinajstić information content (AvgIpc) is 2.78. The predicted octanol–water partition coefficient (Wildman–Crippen LogP) is 3.98. The van der Waals surface area contributed by atoms with E-state index in [0.29, 0.717) is 5.92 Å². The highest BCUT2D eigenvalue weighted by molar-refractivity contribution is 5.90. The van der Waals surface area contributed by atoms with Crippen molar-refractivity contribution in [1.82, 2.24) is 19.8 Å².